The maximum atomic E-state index is 11.8. The van der Waals surface area contributed by atoms with E-state index in [0.717, 1.165) is 0 Å². The van der Waals surface area contributed by atoms with E-state index in [-0.39, 0.29) is 13.0 Å². The lowest BCUT2D eigenvalue weighted by Crippen LogP contribution is -2.33. The van der Waals surface area contributed by atoms with Gasteiger partial charge in [0, 0.05) is 11.3 Å². The highest BCUT2D eigenvalue weighted by atomic mass is 16.6. The van der Waals surface area contributed by atoms with Crippen LogP contribution in [-0.4, -0.2) is 35.6 Å². The van der Waals surface area contributed by atoms with Gasteiger partial charge in [-0.25, -0.2) is 4.79 Å². The zero-order valence-corrected chi connectivity index (χ0v) is 11.5. The summed E-state index contributed by atoms with van der Waals surface area (Å²) < 4.78 is 10.1. The standard InChI is InChI=1S/C14H15NO6/c1-14(9-15(18)19)7-11(13(17)21-14)8-20-12(16)10-5-3-2-4-6-10/h2-6,11H,7-9H2,1H3. The number of hydrogen-bond donors (Lipinski definition) is 0. The number of carbonyl (C=O) groups excluding carboxylic acids is 2. The van der Waals surface area contributed by atoms with Gasteiger partial charge in [0.25, 0.3) is 0 Å². The predicted molar refractivity (Wildman–Crippen MR) is 71.2 cm³/mol. The van der Waals surface area contributed by atoms with Crippen LogP contribution in [0.25, 0.3) is 0 Å². The maximum absolute atomic E-state index is 11.8. The molecule has 7 heteroatoms. The molecule has 21 heavy (non-hydrogen) atoms. The number of nitro groups is 1. The number of rotatable bonds is 5. The van der Waals surface area contributed by atoms with Crippen molar-refractivity contribution in [3.63, 3.8) is 0 Å². The summed E-state index contributed by atoms with van der Waals surface area (Å²) in [4.78, 5) is 33.5. The minimum Gasteiger partial charge on any atom is -0.461 e. The van der Waals surface area contributed by atoms with Crippen LogP contribution in [0.15, 0.2) is 30.3 Å². The van der Waals surface area contributed by atoms with Crippen LogP contribution in [0.1, 0.15) is 23.7 Å². The Hall–Kier alpha value is -2.44. The molecule has 7 nitrogen and oxygen atoms in total. The smallest absolute Gasteiger partial charge is 0.338 e. The van der Waals surface area contributed by atoms with E-state index in [2.05, 4.69) is 0 Å². The van der Waals surface area contributed by atoms with E-state index in [9.17, 15) is 19.7 Å². The first-order valence-corrected chi connectivity index (χ1v) is 6.46. The van der Waals surface area contributed by atoms with Gasteiger partial charge < -0.3 is 9.47 Å². The molecule has 1 fully saturated rings. The monoisotopic (exact) mass is 293 g/mol. The fourth-order valence-corrected chi connectivity index (χ4v) is 2.30. The lowest BCUT2D eigenvalue weighted by molar-refractivity contribution is -0.498. The number of hydrogen-bond acceptors (Lipinski definition) is 6. The van der Waals surface area contributed by atoms with Crippen molar-refractivity contribution in [2.75, 3.05) is 13.2 Å². The zero-order valence-electron chi connectivity index (χ0n) is 11.5. The molecule has 1 saturated heterocycles. The number of ether oxygens (including phenoxy) is 2. The minimum absolute atomic E-state index is 0.139. The highest BCUT2D eigenvalue weighted by Crippen LogP contribution is 2.31. The van der Waals surface area contributed by atoms with Crippen molar-refractivity contribution in [2.45, 2.75) is 18.9 Å². The normalized spacial score (nSPS) is 24.4. The summed E-state index contributed by atoms with van der Waals surface area (Å²) in [5.41, 5.74) is -0.748. The van der Waals surface area contributed by atoms with Gasteiger partial charge in [-0.1, -0.05) is 18.2 Å². The van der Waals surface area contributed by atoms with Gasteiger partial charge >= 0.3 is 11.9 Å². The number of benzene rings is 1. The van der Waals surface area contributed by atoms with Crippen LogP contribution in [0, 0.1) is 16.0 Å². The van der Waals surface area contributed by atoms with Crippen molar-refractivity contribution < 1.29 is 24.0 Å². The van der Waals surface area contributed by atoms with Crippen LogP contribution in [0.5, 0.6) is 0 Å². The molecule has 0 aliphatic carbocycles. The van der Waals surface area contributed by atoms with E-state index >= 15 is 0 Å². The Bertz CT molecular complexity index is 558. The van der Waals surface area contributed by atoms with Gasteiger partial charge in [0.2, 0.25) is 6.54 Å². The maximum Gasteiger partial charge on any atom is 0.338 e. The quantitative estimate of drug-likeness (QED) is 0.463. The summed E-state index contributed by atoms with van der Waals surface area (Å²) >= 11 is 0. The Balaban J connectivity index is 1.91. The third kappa shape index (κ3) is 3.77. The fraction of sp³-hybridized carbons (Fsp3) is 0.429. The molecule has 112 valence electrons. The van der Waals surface area contributed by atoms with Crippen LogP contribution in [0.3, 0.4) is 0 Å². The van der Waals surface area contributed by atoms with E-state index in [1.54, 1.807) is 30.3 Å². The summed E-state index contributed by atoms with van der Waals surface area (Å²) in [6.07, 6.45) is 0.162. The van der Waals surface area contributed by atoms with Crippen molar-refractivity contribution in [1.82, 2.24) is 0 Å². The Morgan fingerprint density at radius 1 is 1.48 bits per heavy atom. The number of esters is 2. The second kappa shape index (κ2) is 5.90. The molecule has 0 N–H and O–H groups in total. The van der Waals surface area contributed by atoms with E-state index in [4.69, 9.17) is 9.47 Å². The molecule has 1 aliphatic rings. The Morgan fingerprint density at radius 2 is 2.14 bits per heavy atom. The second-order valence-electron chi connectivity index (χ2n) is 5.23. The van der Waals surface area contributed by atoms with Crippen molar-refractivity contribution in [2.24, 2.45) is 5.92 Å². The van der Waals surface area contributed by atoms with Gasteiger partial charge in [0.15, 0.2) is 5.60 Å². The third-order valence-corrected chi connectivity index (χ3v) is 3.25. The summed E-state index contributed by atoms with van der Waals surface area (Å²) in [7, 11) is 0. The first-order chi connectivity index (χ1) is 9.89. The molecule has 2 unspecified atom stereocenters. The molecule has 2 rings (SSSR count). The molecule has 1 aromatic carbocycles. The van der Waals surface area contributed by atoms with Crippen LogP contribution < -0.4 is 0 Å². The van der Waals surface area contributed by atoms with Crippen LogP contribution >= 0.6 is 0 Å². The van der Waals surface area contributed by atoms with E-state index in [0.29, 0.717) is 5.56 Å². The van der Waals surface area contributed by atoms with Crippen molar-refractivity contribution in [1.29, 1.82) is 0 Å². The predicted octanol–water partition coefficient (Wildman–Crippen LogP) is 1.44. The summed E-state index contributed by atoms with van der Waals surface area (Å²) in [6.45, 7) is 0.911. The lowest BCUT2D eigenvalue weighted by atomic mass is 9.96. The average molecular weight is 293 g/mol. The van der Waals surface area contributed by atoms with Gasteiger partial charge in [-0.05, 0) is 19.1 Å². The number of carbonyl (C=O) groups is 2. The SMILES string of the molecule is CC1(C[N+](=O)[O-])CC(COC(=O)c2ccccc2)C(=O)O1. The largest absolute Gasteiger partial charge is 0.461 e. The topological polar surface area (TPSA) is 95.7 Å². The molecule has 0 spiro atoms. The van der Waals surface area contributed by atoms with E-state index in [1.165, 1.54) is 6.92 Å². The fourth-order valence-electron chi connectivity index (χ4n) is 2.30. The lowest BCUT2D eigenvalue weighted by Gasteiger charge is -2.16. The Kier molecular flexibility index (Phi) is 4.21. The molecule has 1 aromatic rings. The molecule has 0 saturated carbocycles. The van der Waals surface area contributed by atoms with Gasteiger partial charge in [-0.3, -0.25) is 14.9 Å². The average Bonchev–Trinajstić information content (AvgIpc) is 2.70. The van der Waals surface area contributed by atoms with Gasteiger partial charge in [0.05, 0.1) is 11.5 Å². The molecular weight excluding hydrogens is 278 g/mol. The van der Waals surface area contributed by atoms with Crippen LogP contribution in [-0.2, 0) is 14.3 Å². The van der Waals surface area contributed by atoms with Crippen LogP contribution in [0.4, 0.5) is 0 Å². The Labute approximate surface area is 121 Å². The summed E-state index contributed by atoms with van der Waals surface area (Å²) in [6, 6.07) is 8.38. The first-order valence-electron chi connectivity index (χ1n) is 6.46. The minimum atomic E-state index is -1.13. The van der Waals surface area contributed by atoms with Crippen molar-refractivity contribution in [3.05, 3.63) is 46.0 Å². The van der Waals surface area contributed by atoms with Crippen molar-refractivity contribution in [3.8, 4) is 0 Å². The van der Waals surface area contributed by atoms with E-state index in [1.807, 2.05) is 0 Å². The molecule has 0 bridgehead atoms. The van der Waals surface area contributed by atoms with Gasteiger partial charge in [-0.2, -0.15) is 0 Å². The highest BCUT2D eigenvalue weighted by Gasteiger charge is 2.47. The molecule has 1 heterocycles. The summed E-state index contributed by atoms with van der Waals surface area (Å²) in [5.74, 6) is -1.77. The third-order valence-electron chi connectivity index (χ3n) is 3.25. The second-order valence-corrected chi connectivity index (χ2v) is 5.23. The number of nitrogens with zero attached hydrogens (tertiary/aromatic N) is 1. The summed E-state index contributed by atoms with van der Waals surface area (Å²) in [5, 5.41) is 10.6. The molecule has 2 atom stereocenters. The molecule has 0 radical (unpaired) electrons. The highest BCUT2D eigenvalue weighted by molar-refractivity contribution is 5.89. The van der Waals surface area contributed by atoms with Gasteiger partial charge in [-0.15, -0.1) is 0 Å². The molecule has 0 aromatic heterocycles. The first kappa shape index (κ1) is 15.0. The van der Waals surface area contributed by atoms with Gasteiger partial charge in [0.1, 0.15) is 6.61 Å². The molecule has 1 aliphatic heterocycles. The number of cyclic esters (lactones) is 1. The molecular formula is C14H15NO6. The molecule has 0 amide bonds. The van der Waals surface area contributed by atoms with E-state index < -0.39 is 34.9 Å². The van der Waals surface area contributed by atoms with Crippen LogP contribution in [0.2, 0.25) is 0 Å². The Morgan fingerprint density at radius 3 is 2.76 bits per heavy atom. The zero-order chi connectivity index (χ0) is 15.5. The van der Waals surface area contributed by atoms with Crippen molar-refractivity contribution >= 4 is 11.9 Å².